The third-order valence-corrected chi connectivity index (χ3v) is 3.25. The minimum atomic E-state index is -1.27. The highest BCUT2D eigenvalue weighted by molar-refractivity contribution is 7.94. The van der Waals surface area contributed by atoms with E-state index < -0.39 is 11.2 Å². The van der Waals surface area contributed by atoms with Gasteiger partial charge in [0.05, 0.1) is 6.20 Å². The van der Waals surface area contributed by atoms with E-state index in [4.69, 9.17) is 0 Å². The summed E-state index contributed by atoms with van der Waals surface area (Å²) in [4.78, 5) is 12.1. The molecule has 0 saturated carbocycles. The van der Waals surface area contributed by atoms with Gasteiger partial charge in [-0.15, -0.1) is 0 Å². The van der Waals surface area contributed by atoms with Gasteiger partial charge in [-0.2, -0.15) is 9.78 Å². The lowest BCUT2D eigenvalue weighted by molar-refractivity contribution is 0.603. The first-order valence-corrected chi connectivity index (χ1v) is 6.14. The molecule has 0 amide bonds. The molecule has 1 aromatic heterocycles. The third kappa shape index (κ3) is 2.66. The number of rotatable bonds is 3. The smallest absolute Gasteiger partial charge is 0.349 e. The van der Waals surface area contributed by atoms with Crippen LogP contribution in [0, 0.1) is 0 Å². The third-order valence-electron chi connectivity index (χ3n) is 2.15. The SMILES string of the molecule is Cn1cnn(/C=C/[S+]([O-])c2ccccc2)c1=O. The molecule has 0 bridgehead atoms. The van der Waals surface area contributed by atoms with Gasteiger partial charge in [-0.3, -0.25) is 4.57 Å². The summed E-state index contributed by atoms with van der Waals surface area (Å²) in [7, 11) is 1.60. The predicted octanol–water partition coefficient (Wildman–Crippen LogP) is 0.818. The molecule has 0 fully saturated rings. The maximum Gasteiger partial charge on any atom is 0.349 e. The van der Waals surface area contributed by atoms with Crippen LogP contribution in [0.25, 0.3) is 6.20 Å². The highest BCUT2D eigenvalue weighted by atomic mass is 32.2. The highest BCUT2D eigenvalue weighted by Gasteiger charge is 2.06. The molecule has 1 aromatic carbocycles. The van der Waals surface area contributed by atoms with Crippen molar-refractivity contribution < 1.29 is 4.55 Å². The summed E-state index contributed by atoms with van der Waals surface area (Å²) in [5, 5.41) is 5.26. The molecule has 0 saturated heterocycles. The molecule has 2 aromatic rings. The molecule has 0 N–H and O–H groups in total. The summed E-state index contributed by atoms with van der Waals surface area (Å²) in [6, 6.07) is 9.01. The molecule has 0 aliphatic heterocycles. The summed E-state index contributed by atoms with van der Waals surface area (Å²) in [5.74, 6) is 0. The Morgan fingerprint density at radius 1 is 1.35 bits per heavy atom. The second-order valence-electron chi connectivity index (χ2n) is 3.36. The molecule has 6 heteroatoms. The molecule has 1 unspecified atom stereocenters. The first-order valence-electron chi connectivity index (χ1n) is 4.92. The largest absolute Gasteiger partial charge is 0.607 e. The quantitative estimate of drug-likeness (QED) is 0.756. The molecule has 1 heterocycles. The Labute approximate surface area is 101 Å². The molecule has 0 spiro atoms. The van der Waals surface area contributed by atoms with Gasteiger partial charge in [-0.05, 0) is 12.1 Å². The van der Waals surface area contributed by atoms with Crippen LogP contribution in [0.2, 0.25) is 0 Å². The second-order valence-corrected chi connectivity index (χ2v) is 4.70. The van der Waals surface area contributed by atoms with Crippen LogP contribution in [0.4, 0.5) is 0 Å². The summed E-state index contributed by atoms with van der Waals surface area (Å²) in [6.07, 6.45) is 2.81. The molecule has 0 aliphatic carbocycles. The Morgan fingerprint density at radius 2 is 2.06 bits per heavy atom. The normalized spacial score (nSPS) is 13.1. The van der Waals surface area contributed by atoms with Crippen molar-refractivity contribution in [1.82, 2.24) is 14.3 Å². The van der Waals surface area contributed by atoms with E-state index in [1.54, 1.807) is 19.2 Å². The molecule has 1 atom stereocenters. The van der Waals surface area contributed by atoms with Gasteiger partial charge in [-0.25, -0.2) is 4.79 Å². The monoisotopic (exact) mass is 249 g/mol. The van der Waals surface area contributed by atoms with Gasteiger partial charge < -0.3 is 4.55 Å². The van der Waals surface area contributed by atoms with Crippen LogP contribution in [0.1, 0.15) is 0 Å². The summed E-state index contributed by atoms with van der Waals surface area (Å²) in [6.45, 7) is 0. The maximum atomic E-state index is 11.8. The average molecular weight is 249 g/mol. The summed E-state index contributed by atoms with van der Waals surface area (Å²) < 4.78 is 14.3. The fraction of sp³-hybridized carbons (Fsp3) is 0.0909. The van der Waals surface area contributed by atoms with Crippen molar-refractivity contribution in [3.63, 3.8) is 0 Å². The van der Waals surface area contributed by atoms with Crippen LogP contribution in [0.5, 0.6) is 0 Å². The maximum absolute atomic E-state index is 11.8. The van der Waals surface area contributed by atoms with Gasteiger partial charge in [0, 0.05) is 18.2 Å². The fourth-order valence-corrected chi connectivity index (χ4v) is 2.05. The molecule has 0 aliphatic rings. The number of hydrogen-bond donors (Lipinski definition) is 0. The Kier molecular flexibility index (Phi) is 3.46. The number of benzene rings is 1. The number of hydrogen-bond acceptors (Lipinski definition) is 3. The van der Waals surface area contributed by atoms with Crippen LogP contribution < -0.4 is 5.69 Å². The van der Waals surface area contributed by atoms with E-state index in [1.807, 2.05) is 18.2 Å². The second kappa shape index (κ2) is 5.03. The lowest BCUT2D eigenvalue weighted by Crippen LogP contribution is -2.19. The standard InChI is InChI=1S/C11H11N3O2S/c1-13-9-12-14(11(13)15)7-8-17(16)10-5-3-2-4-6-10/h2-9H,1H3/b8-7+. The van der Waals surface area contributed by atoms with E-state index in [1.165, 1.54) is 22.5 Å². The Balaban J connectivity index is 2.17. The van der Waals surface area contributed by atoms with Crippen molar-refractivity contribution in [2.45, 2.75) is 4.90 Å². The Morgan fingerprint density at radius 3 is 2.65 bits per heavy atom. The van der Waals surface area contributed by atoms with Gasteiger partial charge in [0.25, 0.3) is 0 Å². The topological polar surface area (TPSA) is 62.9 Å². The first kappa shape index (κ1) is 11.7. The highest BCUT2D eigenvalue weighted by Crippen LogP contribution is 2.10. The molecule has 88 valence electrons. The van der Waals surface area contributed by atoms with Crippen molar-refractivity contribution in [3.8, 4) is 0 Å². The van der Waals surface area contributed by atoms with Gasteiger partial charge in [-0.1, -0.05) is 18.2 Å². The number of nitrogens with zero attached hydrogens (tertiary/aromatic N) is 3. The van der Waals surface area contributed by atoms with E-state index in [9.17, 15) is 9.35 Å². The van der Waals surface area contributed by atoms with Crippen molar-refractivity contribution in [3.05, 3.63) is 52.6 Å². The molecule has 5 nitrogen and oxygen atoms in total. The van der Waals surface area contributed by atoms with E-state index in [0.29, 0.717) is 4.90 Å². The molecule has 17 heavy (non-hydrogen) atoms. The van der Waals surface area contributed by atoms with E-state index in [0.717, 1.165) is 4.68 Å². The average Bonchev–Trinajstić information content (AvgIpc) is 2.68. The molecule has 0 radical (unpaired) electrons. The molecular weight excluding hydrogens is 238 g/mol. The fourth-order valence-electron chi connectivity index (χ4n) is 1.24. The Bertz CT molecular complexity index is 574. The van der Waals surface area contributed by atoms with Gasteiger partial charge in [0.15, 0.2) is 4.90 Å². The van der Waals surface area contributed by atoms with Gasteiger partial charge in [0.2, 0.25) is 0 Å². The zero-order chi connectivity index (χ0) is 12.3. The lowest BCUT2D eigenvalue weighted by atomic mass is 10.4. The van der Waals surface area contributed by atoms with Crippen LogP contribution in [0.15, 0.2) is 51.8 Å². The van der Waals surface area contributed by atoms with E-state index >= 15 is 0 Å². The summed E-state index contributed by atoms with van der Waals surface area (Å²) in [5.41, 5.74) is -0.272. The van der Waals surface area contributed by atoms with Crippen molar-refractivity contribution >= 4 is 17.4 Å². The molecular formula is C11H11N3O2S. The van der Waals surface area contributed by atoms with Crippen molar-refractivity contribution in [2.24, 2.45) is 7.05 Å². The van der Waals surface area contributed by atoms with Crippen LogP contribution in [-0.2, 0) is 18.2 Å². The van der Waals surface area contributed by atoms with Crippen molar-refractivity contribution in [2.75, 3.05) is 0 Å². The molecule has 2 rings (SSSR count). The van der Waals surface area contributed by atoms with E-state index in [-0.39, 0.29) is 5.69 Å². The van der Waals surface area contributed by atoms with Crippen LogP contribution >= 0.6 is 0 Å². The number of aryl methyl sites for hydroxylation is 1. The zero-order valence-corrected chi connectivity index (χ0v) is 10.0. The van der Waals surface area contributed by atoms with Gasteiger partial charge >= 0.3 is 5.69 Å². The summed E-state index contributed by atoms with van der Waals surface area (Å²) >= 11 is -1.27. The predicted molar refractivity (Wildman–Crippen MR) is 65.6 cm³/mol. The minimum Gasteiger partial charge on any atom is -0.607 e. The van der Waals surface area contributed by atoms with Gasteiger partial charge in [0.1, 0.15) is 11.7 Å². The first-order chi connectivity index (χ1) is 8.18. The zero-order valence-electron chi connectivity index (χ0n) is 9.19. The van der Waals surface area contributed by atoms with Crippen LogP contribution in [-0.4, -0.2) is 18.9 Å². The lowest BCUT2D eigenvalue weighted by Gasteiger charge is -2.03. The minimum absolute atomic E-state index is 0.272. The van der Waals surface area contributed by atoms with E-state index in [2.05, 4.69) is 5.10 Å². The Hall–Kier alpha value is -1.79. The van der Waals surface area contributed by atoms with Crippen LogP contribution in [0.3, 0.4) is 0 Å². The van der Waals surface area contributed by atoms with Crippen molar-refractivity contribution in [1.29, 1.82) is 0 Å². The number of aromatic nitrogens is 3.